The van der Waals surface area contributed by atoms with Gasteiger partial charge in [0.1, 0.15) is 0 Å². The fourth-order valence-electron chi connectivity index (χ4n) is 7.12. The van der Waals surface area contributed by atoms with E-state index in [1.807, 2.05) is 6.92 Å². The maximum Gasteiger partial charge on any atom is 0.427 e. The third kappa shape index (κ3) is 3.35. The molecule has 4 rings (SSSR count). The first-order chi connectivity index (χ1) is 13.8. The van der Waals surface area contributed by atoms with Crippen LogP contribution in [-0.4, -0.2) is 29.6 Å². The van der Waals surface area contributed by atoms with Gasteiger partial charge in [-0.15, -0.1) is 0 Å². The lowest BCUT2D eigenvalue weighted by Crippen LogP contribution is -2.50. The van der Waals surface area contributed by atoms with Gasteiger partial charge in [0.2, 0.25) is 0 Å². The molecule has 0 aliphatic heterocycles. The Bertz CT molecular complexity index is 770. The van der Waals surface area contributed by atoms with Crippen molar-refractivity contribution < 1.29 is 14.6 Å². The number of carbonyl (C=O) groups is 1. The Balaban J connectivity index is 1.54. The van der Waals surface area contributed by atoms with Gasteiger partial charge in [-0.3, -0.25) is 0 Å². The average molecular weight is 401 g/mol. The largest absolute Gasteiger partial charge is 0.449 e. The molecule has 5 heteroatoms. The number of rotatable bonds is 3. The molecule has 0 unspecified atom stereocenters. The van der Waals surface area contributed by atoms with E-state index in [9.17, 15) is 9.90 Å². The lowest BCUT2D eigenvalue weighted by molar-refractivity contribution is -0.0279. The van der Waals surface area contributed by atoms with Gasteiger partial charge >= 0.3 is 6.09 Å². The Hall–Kier alpha value is -1.62. The molecule has 5 nitrogen and oxygen atoms in total. The number of nitrogens with one attached hydrogen (secondary N) is 1. The molecule has 0 bridgehead atoms. The van der Waals surface area contributed by atoms with E-state index < -0.39 is 6.09 Å². The molecule has 1 amide bonds. The van der Waals surface area contributed by atoms with E-state index in [4.69, 9.17) is 4.74 Å². The number of nitrogens with zero attached hydrogens (tertiary/aromatic N) is 1. The van der Waals surface area contributed by atoms with Crippen LogP contribution in [-0.2, 0) is 4.74 Å². The highest BCUT2D eigenvalue weighted by molar-refractivity contribution is 6.00. The van der Waals surface area contributed by atoms with Crippen molar-refractivity contribution in [1.82, 2.24) is 5.43 Å². The first kappa shape index (κ1) is 20.6. The number of hydrazone groups is 1. The van der Waals surface area contributed by atoms with E-state index in [1.165, 1.54) is 24.0 Å². The molecule has 0 aromatic heterocycles. The van der Waals surface area contributed by atoms with Crippen LogP contribution in [0.3, 0.4) is 0 Å². The highest BCUT2D eigenvalue weighted by Crippen LogP contribution is 2.65. The van der Waals surface area contributed by atoms with Gasteiger partial charge in [-0.25, -0.2) is 10.2 Å². The Kier molecular flexibility index (Phi) is 5.39. The monoisotopic (exact) mass is 400 g/mol. The molecule has 2 fully saturated rings. The van der Waals surface area contributed by atoms with E-state index in [-0.39, 0.29) is 16.9 Å². The molecule has 0 aromatic rings. The Morgan fingerprint density at radius 3 is 2.72 bits per heavy atom. The molecule has 6 atom stereocenters. The molecule has 160 valence electrons. The maximum absolute atomic E-state index is 11.6. The zero-order valence-corrected chi connectivity index (χ0v) is 18.3. The molecular formula is C24H36N2O3. The zero-order chi connectivity index (χ0) is 20.8. The predicted octanol–water partition coefficient (Wildman–Crippen LogP) is 4.97. The van der Waals surface area contributed by atoms with Crippen LogP contribution in [0.1, 0.15) is 72.6 Å². The summed E-state index contributed by atoms with van der Waals surface area (Å²) in [7, 11) is 0. The molecular weight excluding hydrogens is 364 g/mol. The quantitative estimate of drug-likeness (QED) is 0.399. The summed E-state index contributed by atoms with van der Waals surface area (Å²) in [6.07, 6.45) is 11.8. The number of ether oxygens (including phenoxy) is 1. The van der Waals surface area contributed by atoms with E-state index in [0.717, 1.165) is 43.7 Å². The van der Waals surface area contributed by atoms with Crippen LogP contribution in [0, 0.1) is 28.6 Å². The first-order valence-corrected chi connectivity index (χ1v) is 11.3. The van der Waals surface area contributed by atoms with Crippen LogP contribution in [0.25, 0.3) is 0 Å². The zero-order valence-electron chi connectivity index (χ0n) is 18.3. The maximum atomic E-state index is 11.6. The Morgan fingerprint density at radius 2 is 1.97 bits per heavy atom. The summed E-state index contributed by atoms with van der Waals surface area (Å²) < 4.78 is 4.93. The normalized spacial score (nSPS) is 41.5. The average Bonchev–Trinajstić information content (AvgIpc) is 3.04. The molecule has 0 heterocycles. The van der Waals surface area contributed by atoms with Crippen molar-refractivity contribution in [2.75, 3.05) is 6.61 Å². The Labute approximate surface area is 174 Å². The minimum Gasteiger partial charge on any atom is -0.449 e. The van der Waals surface area contributed by atoms with E-state index in [1.54, 1.807) is 6.92 Å². The van der Waals surface area contributed by atoms with E-state index >= 15 is 0 Å². The first-order valence-electron chi connectivity index (χ1n) is 11.3. The summed E-state index contributed by atoms with van der Waals surface area (Å²) >= 11 is 0. The third-order valence-electron chi connectivity index (χ3n) is 8.64. The second-order valence-electron chi connectivity index (χ2n) is 10.00. The molecule has 29 heavy (non-hydrogen) atoms. The van der Waals surface area contributed by atoms with Gasteiger partial charge in [0.15, 0.2) is 0 Å². The second-order valence-corrected chi connectivity index (χ2v) is 10.00. The molecule has 4 aliphatic rings. The molecule has 0 radical (unpaired) electrons. The van der Waals surface area contributed by atoms with Crippen LogP contribution in [0.2, 0.25) is 0 Å². The number of fused-ring (bicyclic) bond motifs is 5. The highest BCUT2D eigenvalue weighted by Gasteiger charge is 2.56. The number of aliphatic hydroxyl groups is 1. The minimum atomic E-state index is -0.492. The van der Waals surface area contributed by atoms with Crippen LogP contribution in [0.5, 0.6) is 0 Å². The highest BCUT2D eigenvalue weighted by atomic mass is 16.5. The predicted molar refractivity (Wildman–Crippen MR) is 114 cm³/mol. The standard InChI is InChI=1S/C24H36N2O3/c1-5-29-22(28)26-25-15(2)19-8-9-20-18-7-6-16-14-17(27)10-12-23(16,3)21(18)11-13-24(19,20)4/h6,8,17-18,20-21,27H,5,7,9-14H2,1-4H3,(H,26,28)/b25-15+/t17-,18+,20+,21+,23-,24+/m0/s1. The van der Waals surface area contributed by atoms with Crippen molar-refractivity contribution in [1.29, 1.82) is 0 Å². The van der Waals surface area contributed by atoms with Crippen molar-refractivity contribution in [3.63, 3.8) is 0 Å². The van der Waals surface area contributed by atoms with Crippen molar-refractivity contribution in [3.8, 4) is 0 Å². The summed E-state index contributed by atoms with van der Waals surface area (Å²) in [5, 5.41) is 14.5. The number of hydrogen-bond acceptors (Lipinski definition) is 4. The Morgan fingerprint density at radius 1 is 1.21 bits per heavy atom. The van der Waals surface area contributed by atoms with Crippen LogP contribution >= 0.6 is 0 Å². The topological polar surface area (TPSA) is 70.9 Å². The summed E-state index contributed by atoms with van der Waals surface area (Å²) in [5.74, 6) is 2.04. The van der Waals surface area contributed by atoms with Crippen LogP contribution < -0.4 is 5.43 Å². The van der Waals surface area contributed by atoms with Crippen molar-refractivity contribution in [2.45, 2.75) is 78.7 Å². The number of carbonyl (C=O) groups excluding carboxylic acids is 1. The minimum absolute atomic E-state index is 0.126. The van der Waals surface area contributed by atoms with E-state index in [0.29, 0.717) is 18.4 Å². The second kappa shape index (κ2) is 7.57. The molecule has 0 saturated heterocycles. The number of hydrogen-bond donors (Lipinski definition) is 2. The van der Waals surface area contributed by atoms with Crippen LogP contribution in [0.15, 0.2) is 28.4 Å². The van der Waals surface area contributed by atoms with Crippen molar-refractivity contribution in [2.24, 2.45) is 33.7 Å². The van der Waals surface area contributed by atoms with Crippen molar-refractivity contribution in [3.05, 3.63) is 23.3 Å². The van der Waals surface area contributed by atoms with E-state index in [2.05, 4.69) is 36.5 Å². The third-order valence-corrected chi connectivity index (χ3v) is 8.64. The van der Waals surface area contributed by atoms with Gasteiger partial charge < -0.3 is 9.84 Å². The number of aliphatic hydroxyl groups excluding tert-OH is 1. The summed E-state index contributed by atoms with van der Waals surface area (Å²) in [6, 6.07) is 0. The fraction of sp³-hybridized carbons (Fsp3) is 0.750. The van der Waals surface area contributed by atoms with Gasteiger partial charge in [0, 0.05) is 0 Å². The SMILES string of the molecule is CCOC(=O)N/N=C(\C)C1=CC[C@@H]2[C@H]3CC=C4C[C@@H](O)CC[C@]4(C)[C@@H]3CC[C@]12C. The number of allylic oxidation sites excluding steroid dienone is 3. The summed E-state index contributed by atoms with van der Waals surface area (Å²) in [5.41, 5.74) is 6.64. The molecule has 2 saturated carbocycles. The van der Waals surface area contributed by atoms with Gasteiger partial charge in [0.05, 0.1) is 18.4 Å². The van der Waals surface area contributed by atoms with Crippen LogP contribution in [0.4, 0.5) is 4.79 Å². The van der Waals surface area contributed by atoms with Gasteiger partial charge in [-0.05, 0) is 93.0 Å². The molecule has 0 aromatic carbocycles. The summed E-state index contributed by atoms with van der Waals surface area (Å²) in [6.45, 7) is 9.00. The number of amides is 1. The fourth-order valence-corrected chi connectivity index (χ4v) is 7.12. The van der Waals surface area contributed by atoms with Crippen molar-refractivity contribution >= 4 is 11.8 Å². The smallest absolute Gasteiger partial charge is 0.427 e. The molecule has 0 spiro atoms. The van der Waals surface area contributed by atoms with Gasteiger partial charge in [0.25, 0.3) is 0 Å². The lowest BCUT2D eigenvalue weighted by Gasteiger charge is -2.57. The van der Waals surface area contributed by atoms with Gasteiger partial charge in [-0.1, -0.05) is 31.6 Å². The summed E-state index contributed by atoms with van der Waals surface area (Å²) in [4.78, 5) is 11.6. The molecule has 4 aliphatic carbocycles. The van der Waals surface area contributed by atoms with Gasteiger partial charge in [-0.2, -0.15) is 5.10 Å². The molecule has 2 N–H and O–H groups in total. The lowest BCUT2D eigenvalue weighted by atomic mass is 9.47.